The van der Waals surface area contributed by atoms with Crippen molar-refractivity contribution in [1.29, 1.82) is 0 Å². The Morgan fingerprint density at radius 1 is 1.36 bits per heavy atom. The molecule has 0 bridgehead atoms. The molecule has 0 aliphatic carbocycles. The largest absolute Gasteiger partial charge is 0.327 e. The van der Waals surface area contributed by atoms with Crippen LogP contribution in [0.4, 0.5) is 0 Å². The maximum Gasteiger partial charge on any atom is 0.0599 e. The van der Waals surface area contributed by atoms with Gasteiger partial charge in [0.05, 0.1) is 6.54 Å². The predicted molar refractivity (Wildman–Crippen MR) is 63.1 cm³/mol. The molecule has 0 aromatic carbocycles. The molecule has 1 unspecified atom stereocenters. The van der Waals surface area contributed by atoms with Gasteiger partial charge in [0.25, 0.3) is 0 Å². The van der Waals surface area contributed by atoms with Gasteiger partial charge in [0, 0.05) is 12.6 Å². The van der Waals surface area contributed by atoms with E-state index >= 15 is 0 Å². The van der Waals surface area contributed by atoms with Crippen molar-refractivity contribution in [2.75, 3.05) is 19.6 Å². The average molecular weight is 196 g/mol. The monoisotopic (exact) mass is 196 g/mol. The fourth-order valence-corrected chi connectivity index (χ4v) is 1.57. The minimum absolute atomic E-state index is 0.287. The van der Waals surface area contributed by atoms with Crippen molar-refractivity contribution in [3.63, 3.8) is 0 Å². The average Bonchev–Trinajstić information content (AvgIpc) is 2.15. The number of nitrogens with two attached hydrogens (primary N) is 1. The van der Waals surface area contributed by atoms with E-state index in [1.807, 2.05) is 0 Å². The van der Waals surface area contributed by atoms with Gasteiger partial charge < -0.3 is 5.73 Å². The van der Waals surface area contributed by atoms with Gasteiger partial charge in [0.15, 0.2) is 0 Å². The van der Waals surface area contributed by atoms with Gasteiger partial charge in [-0.1, -0.05) is 32.6 Å². The maximum atomic E-state index is 6.01. The fraction of sp³-hybridized carbons (Fsp3) is 0.833. The molecule has 82 valence electrons. The lowest BCUT2D eigenvalue weighted by molar-refractivity contribution is 0.280. The zero-order valence-corrected chi connectivity index (χ0v) is 9.63. The van der Waals surface area contributed by atoms with Crippen LogP contribution in [0, 0.1) is 12.3 Å². The molecule has 0 amide bonds. The van der Waals surface area contributed by atoms with Crippen LogP contribution < -0.4 is 5.73 Å². The third-order valence-corrected chi connectivity index (χ3v) is 2.28. The summed E-state index contributed by atoms with van der Waals surface area (Å²) in [5.74, 6) is 2.68. The van der Waals surface area contributed by atoms with Gasteiger partial charge in [0.2, 0.25) is 0 Å². The first-order valence-corrected chi connectivity index (χ1v) is 5.65. The van der Waals surface area contributed by atoms with Gasteiger partial charge in [-0.3, -0.25) is 4.90 Å². The van der Waals surface area contributed by atoms with Gasteiger partial charge in [-0.15, -0.1) is 6.42 Å². The van der Waals surface area contributed by atoms with Gasteiger partial charge in [-0.05, 0) is 19.4 Å². The zero-order valence-electron chi connectivity index (χ0n) is 9.63. The summed E-state index contributed by atoms with van der Waals surface area (Å²) in [4.78, 5) is 2.26. The van der Waals surface area contributed by atoms with E-state index < -0.39 is 0 Å². The lowest BCUT2D eigenvalue weighted by Gasteiger charge is -2.22. The van der Waals surface area contributed by atoms with Crippen LogP contribution in [-0.4, -0.2) is 30.6 Å². The lowest BCUT2D eigenvalue weighted by atomic mass is 10.1. The molecule has 14 heavy (non-hydrogen) atoms. The number of terminal acetylenes is 1. The van der Waals surface area contributed by atoms with Crippen molar-refractivity contribution in [3.05, 3.63) is 0 Å². The Bertz CT molecular complexity index is 160. The quantitative estimate of drug-likeness (QED) is 0.600. The standard InChI is InChI=1S/C12H24N2/c1-4-7-8-12(13)11-14(9-5-2)10-6-3/h2,12H,4,6-11,13H2,1,3H3. The molecule has 0 aromatic rings. The second kappa shape index (κ2) is 9.05. The molecular weight excluding hydrogens is 172 g/mol. The summed E-state index contributed by atoms with van der Waals surface area (Å²) in [6.45, 7) is 7.09. The van der Waals surface area contributed by atoms with Crippen LogP contribution in [0.2, 0.25) is 0 Å². The third kappa shape index (κ3) is 6.94. The minimum atomic E-state index is 0.287. The molecule has 0 radical (unpaired) electrons. The molecule has 1 atom stereocenters. The number of nitrogens with zero attached hydrogens (tertiary/aromatic N) is 1. The van der Waals surface area contributed by atoms with Crippen molar-refractivity contribution < 1.29 is 0 Å². The second-order valence-electron chi connectivity index (χ2n) is 3.84. The molecule has 0 rings (SSSR count). The van der Waals surface area contributed by atoms with Crippen LogP contribution in [0.5, 0.6) is 0 Å². The molecule has 0 heterocycles. The molecule has 0 fully saturated rings. The molecular formula is C12H24N2. The van der Waals surface area contributed by atoms with Gasteiger partial charge in [-0.25, -0.2) is 0 Å². The highest BCUT2D eigenvalue weighted by Crippen LogP contribution is 2.01. The molecule has 2 N–H and O–H groups in total. The Morgan fingerprint density at radius 3 is 2.57 bits per heavy atom. The fourth-order valence-electron chi connectivity index (χ4n) is 1.57. The molecule has 2 heteroatoms. The number of hydrogen-bond donors (Lipinski definition) is 1. The summed E-state index contributed by atoms with van der Waals surface area (Å²) in [5, 5.41) is 0. The Kier molecular flexibility index (Phi) is 8.72. The normalized spacial score (nSPS) is 12.8. The first kappa shape index (κ1) is 13.5. The molecule has 0 aromatic heterocycles. The summed E-state index contributed by atoms with van der Waals surface area (Å²) in [7, 11) is 0. The van der Waals surface area contributed by atoms with Crippen molar-refractivity contribution in [2.45, 2.75) is 45.6 Å². The van der Waals surface area contributed by atoms with Crippen LogP contribution in [0.15, 0.2) is 0 Å². The molecule has 0 saturated carbocycles. The first-order chi connectivity index (χ1) is 6.74. The highest BCUT2D eigenvalue weighted by molar-refractivity contribution is 4.88. The van der Waals surface area contributed by atoms with Crippen LogP contribution in [-0.2, 0) is 0 Å². The van der Waals surface area contributed by atoms with Crippen LogP contribution >= 0.6 is 0 Å². The van der Waals surface area contributed by atoms with Crippen LogP contribution in [0.25, 0.3) is 0 Å². The lowest BCUT2D eigenvalue weighted by Crippen LogP contribution is -2.38. The summed E-state index contributed by atoms with van der Waals surface area (Å²) in [5.41, 5.74) is 6.01. The Hall–Kier alpha value is -0.520. The zero-order chi connectivity index (χ0) is 10.8. The van der Waals surface area contributed by atoms with E-state index in [0.29, 0.717) is 0 Å². The molecule has 0 spiro atoms. The topological polar surface area (TPSA) is 29.3 Å². The Labute approximate surface area is 88.9 Å². The summed E-state index contributed by atoms with van der Waals surface area (Å²) in [6.07, 6.45) is 9.99. The van der Waals surface area contributed by atoms with E-state index in [9.17, 15) is 0 Å². The molecule has 0 aliphatic rings. The Morgan fingerprint density at radius 2 is 2.07 bits per heavy atom. The van der Waals surface area contributed by atoms with E-state index in [-0.39, 0.29) is 6.04 Å². The summed E-state index contributed by atoms with van der Waals surface area (Å²) >= 11 is 0. The third-order valence-electron chi connectivity index (χ3n) is 2.28. The van der Waals surface area contributed by atoms with Crippen molar-refractivity contribution in [2.24, 2.45) is 5.73 Å². The van der Waals surface area contributed by atoms with Crippen molar-refractivity contribution in [3.8, 4) is 12.3 Å². The summed E-state index contributed by atoms with van der Waals surface area (Å²) in [6, 6.07) is 0.287. The number of unbranched alkanes of at least 4 members (excludes halogenated alkanes) is 1. The number of hydrogen-bond acceptors (Lipinski definition) is 2. The minimum Gasteiger partial charge on any atom is -0.327 e. The predicted octanol–water partition coefficient (Wildman–Crippen LogP) is 1.85. The van der Waals surface area contributed by atoms with Crippen molar-refractivity contribution in [1.82, 2.24) is 4.90 Å². The highest BCUT2D eigenvalue weighted by atomic mass is 15.1. The molecule has 2 nitrogen and oxygen atoms in total. The van der Waals surface area contributed by atoms with E-state index in [2.05, 4.69) is 24.7 Å². The van der Waals surface area contributed by atoms with E-state index in [1.54, 1.807) is 0 Å². The first-order valence-electron chi connectivity index (χ1n) is 5.65. The van der Waals surface area contributed by atoms with Gasteiger partial charge >= 0.3 is 0 Å². The van der Waals surface area contributed by atoms with Crippen LogP contribution in [0.1, 0.15) is 39.5 Å². The van der Waals surface area contributed by atoms with Crippen LogP contribution in [0.3, 0.4) is 0 Å². The molecule has 0 aliphatic heterocycles. The summed E-state index contributed by atoms with van der Waals surface area (Å²) < 4.78 is 0. The Balaban J connectivity index is 3.71. The number of rotatable bonds is 8. The van der Waals surface area contributed by atoms with Gasteiger partial charge in [-0.2, -0.15) is 0 Å². The van der Waals surface area contributed by atoms with E-state index in [0.717, 1.165) is 32.5 Å². The highest BCUT2D eigenvalue weighted by Gasteiger charge is 2.07. The van der Waals surface area contributed by atoms with Gasteiger partial charge in [0.1, 0.15) is 0 Å². The van der Waals surface area contributed by atoms with E-state index in [4.69, 9.17) is 12.2 Å². The maximum absolute atomic E-state index is 6.01. The smallest absolute Gasteiger partial charge is 0.0599 e. The van der Waals surface area contributed by atoms with Crippen molar-refractivity contribution >= 4 is 0 Å². The molecule has 0 saturated heterocycles. The van der Waals surface area contributed by atoms with E-state index in [1.165, 1.54) is 12.8 Å². The second-order valence-corrected chi connectivity index (χ2v) is 3.84. The SMILES string of the molecule is C#CCN(CCC)CC(N)CCCC.